The summed E-state index contributed by atoms with van der Waals surface area (Å²) in [5, 5.41) is 1.02. The largest absolute Gasteiger partial charge is 0.382 e. The number of ether oxygens (including phenoxy) is 1. The van der Waals surface area contributed by atoms with E-state index in [2.05, 4.69) is 15.0 Å². The van der Waals surface area contributed by atoms with E-state index in [4.69, 9.17) is 21.3 Å². The maximum atomic E-state index is 6.16. The van der Waals surface area contributed by atoms with Crippen molar-refractivity contribution in [2.75, 3.05) is 12.3 Å². The summed E-state index contributed by atoms with van der Waals surface area (Å²) in [5.74, 6) is 6.96. The van der Waals surface area contributed by atoms with E-state index in [0.717, 1.165) is 22.2 Å². The van der Waals surface area contributed by atoms with E-state index in [1.54, 1.807) is 0 Å². The first-order chi connectivity index (χ1) is 11.5. The van der Waals surface area contributed by atoms with Crippen molar-refractivity contribution < 1.29 is 4.74 Å². The van der Waals surface area contributed by atoms with Gasteiger partial charge in [-0.25, -0.2) is 9.97 Å². The third-order valence-corrected chi connectivity index (χ3v) is 4.07. The second-order valence-corrected chi connectivity index (χ2v) is 6.49. The minimum absolute atomic E-state index is 0.312. The minimum atomic E-state index is -0.312. The van der Waals surface area contributed by atoms with Gasteiger partial charge in [0, 0.05) is 24.1 Å². The lowest BCUT2D eigenvalue weighted by atomic mass is 10.1. The summed E-state index contributed by atoms with van der Waals surface area (Å²) in [6.45, 7) is 7.71. The quantitative estimate of drug-likeness (QED) is 0.472. The fourth-order valence-corrected chi connectivity index (χ4v) is 2.82. The van der Waals surface area contributed by atoms with Crippen molar-refractivity contribution >= 4 is 27.8 Å². The maximum absolute atomic E-state index is 6.16. The number of aromatic nitrogens is 3. The monoisotopic (exact) mass is 328 g/mol. The van der Waals surface area contributed by atoms with Crippen LogP contribution in [0.25, 0.3) is 21.9 Å². The topological polar surface area (TPSA) is 104 Å². The highest BCUT2D eigenvalue weighted by Gasteiger charge is 2.23. The highest BCUT2D eigenvalue weighted by atomic mass is 16.5. The van der Waals surface area contributed by atoms with Crippen molar-refractivity contribution in [3.63, 3.8) is 0 Å². The fourth-order valence-electron chi connectivity index (χ4n) is 2.82. The van der Waals surface area contributed by atoms with Gasteiger partial charge in [0.15, 0.2) is 5.82 Å². The minimum Gasteiger partial charge on any atom is -0.382 e. The van der Waals surface area contributed by atoms with Crippen molar-refractivity contribution in [2.24, 2.45) is 5.84 Å². The summed E-state index contributed by atoms with van der Waals surface area (Å²) in [5.41, 5.74) is 11.2. The molecule has 24 heavy (non-hydrogen) atoms. The number of nitrogen functional groups attached to an aromatic ring is 1. The molecule has 0 spiro atoms. The molecule has 0 bridgehead atoms. The molecule has 0 unspecified atom stereocenters. The van der Waals surface area contributed by atoms with Crippen molar-refractivity contribution in [2.45, 2.75) is 39.5 Å². The molecular formula is C17H24N6O. The van der Waals surface area contributed by atoms with Crippen LogP contribution in [0.5, 0.6) is 0 Å². The van der Waals surface area contributed by atoms with Crippen LogP contribution in [0.3, 0.4) is 0 Å². The van der Waals surface area contributed by atoms with E-state index in [1.807, 2.05) is 45.0 Å². The Kier molecular flexibility index (Phi) is 4.40. The number of anilines is 1. The van der Waals surface area contributed by atoms with Gasteiger partial charge in [-0.2, -0.15) is 0 Å². The SMILES string of the molecule is CCOCc1nc2c(N)nc3ccccc3c2n1CC(C)(C)NN. The van der Waals surface area contributed by atoms with Crippen LogP contribution >= 0.6 is 0 Å². The Morgan fingerprint density at radius 1 is 1.25 bits per heavy atom. The van der Waals surface area contributed by atoms with Crippen LogP contribution in [-0.4, -0.2) is 26.7 Å². The van der Waals surface area contributed by atoms with Gasteiger partial charge in [-0.15, -0.1) is 0 Å². The molecule has 2 heterocycles. The van der Waals surface area contributed by atoms with E-state index in [9.17, 15) is 0 Å². The number of fused-ring (bicyclic) bond motifs is 3. The predicted octanol–water partition coefficient (Wildman–Crippen LogP) is 1.95. The Hall–Kier alpha value is -2.22. The van der Waals surface area contributed by atoms with Gasteiger partial charge in [0.2, 0.25) is 0 Å². The molecule has 2 aromatic heterocycles. The lowest BCUT2D eigenvalue weighted by Gasteiger charge is -2.25. The Labute approximate surface area is 141 Å². The number of hydrogen-bond acceptors (Lipinski definition) is 6. The molecule has 3 rings (SSSR count). The highest BCUT2D eigenvalue weighted by Crippen LogP contribution is 2.30. The molecule has 5 N–H and O–H groups in total. The molecule has 0 radical (unpaired) electrons. The molecule has 0 saturated carbocycles. The van der Waals surface area contributed by atoms with Crippen LogP contribution < -0.4 is 17.0 Å². The normalized spacial score (nSPS) is 12.3. The molecule has 0 amide bonds. The lowest BCUT2D eigenvalue weighted by Crippen LogP contribution is -2.47. The van der Waals surface area contributed by atoms with E-state index in [-0.39, 0.29) is 5.54 Å². The second kappa shape index (κ2) is 6.35. The molecule has 0 aliphatic heterocycles. The fraction of sp³-hybridized carbons (Fsp3) is 0.412. The number of para-hydroxylation sites is 1. The third-order valence-electron chi connectivity index (χ3n) is 4.07. The number of nitrogens with zero attached hydrogens (tertiary/aromatic N) is 3. The first-order valence-electron chi connectivity index (χ1n) is 8.05. The summed E-state index contributed by atoms with van der Waals surface area (Å²) in [7, 11) is 0. The Balaban J connectivity index is 2.30. The predicted molar refractivity (Wildman–Crippen MR) is 96.2 cm³/mol. The van der Waals surface area contributed by atoms with Gasteiger partial charge >= 0.3 is 0 Å². The van der Waals surface area contributed by atoms with E-state index in [0.29, 0.717) is 31.1 Å². The third kappa shape index (κ3) is 2.93. The Morgan fingerprint density at radius 2 is 2.00 bits per heavy atom. The number of hydrazine groups is 1. The van der Waals surface area contributed by atoms with Crippen LogP contribution in [0.15, 0.2) is 24.3 Å². The van der Waals surface area contributed by atoms with Crippen molar-refractivity contribution in [1.82, 2.24) is 20.0 Å². The van der Waals surface area contributed by atoms with Gasteiger partial charge in [-0.05, 0) is 26.8 Å². The molecule has 0 aliphatic carbocycles. The molecular weight excluding hydrogens is 304 g/mol. The zero-order valence-electron chi connectivity index (χ0n) is 14.3. The molecule has 0 aliphatic rings. The van der Waals surface area contributed by atoms with Crippen LogP contribution in [0.1, 0.15) is 26.6 Å². The zero-order chi connectivity index (χ0) is 17.3. The number of imidazole rings is 1. The van der Waals surface area contributed by atoms with Crippen LogP contribution in [0.2, 0.25) is 0 Å². The molecule has 0 atom stereocenters. The van der Waals surface area contributed by atoms with Gasteiger partial charge in [0.05, 0.1) is 11.0 Å². The number of nitrogens with two attached hydrogens (primary N) is 2. The molecule has 3 aromatic rings. The molecule has 1 aromatic carbocycles. The van der Waals surface area contributed by atoms with Crippen molar-refractivity contribution in [3.05, 3.63) is 30.1 Å². The van der Waals surface area contributed by atoms with E-state index in [1.165, 1.54) is 0 Å². The van der Waals surface area contributed by atoms with Gasteiger partial charge in [-0.3, -0.25) is 11.3 Å². The molecule has 7 nitrogen and oxygen atoms in total. The molecule has 128 valence electrons. The molecule has 0 saturated heterocycles. The summed E-state index contributed by atoms with van der Waals surface area (Å²) in [6, 6.07) is 7.94. The van der Waals surface area contributed by atoms with Gasteiger partial charge in [0.25, 0.3) is 0 Å². The zero-order valence-corrected chi connectivity index (χ0v) is 14.3. The number of pyridine rings is 1. The average molecular weight is 328 g/mol. The van der Waals surface area contributed by atoms with E-state index < -0.39 is 0 Å². The second-order valence-electron chi connectivity index (χ2n) is 6.49. The van der Waals surface area contributed by atoms with Gasteiger partial charge < -0.3 is 15.0 Å². The lowest BCUT2D eigenvalue weighted by molar-refractivity contribution is 0.124. The Morgan fingerprint density at radius 3 is 2.71 bits per heavy atom. The number of benzene rings is 1. The van der Waals surface area contributed by atoms with Crippen LogP contribution in [0, 0.1) is 0 Å². The first kappa shape index (κ1) is 16.6. The average Bonchev–Trinajstić information content (AvgIpc) is 2.92. The van der Waals surface area contributed by atoms with Gasteiger partial charge in [0.1, 0.15) is 17.9 Å². The van der Waals surface area contributed by atoms with Crippen molar-refractivity contribution in [3.8, 4) is 0 Å². The van der Waals surface area contributed by atoms with Crippen LogP contribution in [-0.2, 0) is 17.9 Å². The highest BCUT2D eigenvalue weighted by molar-refractivity contribution is 6.06. The number of hydrogen-bond donors (Lipinski definition) is 3. The summed E-state index contributed by atoms with van der Waals surface area (Å²) >= 11 is 0. The summed E-state index contributed by atoms with van der Waals surface area (Å²) in [4.78, 5) is 9.18. The molecule has 0 fully saturated rings. The van der Waals surface area contributed by atoms with Gasteiger partial charge in [-0.1, -0.05) is 18.2 Å². The van der Waals surface area contributed by atoms with Crippen LogP contribution in [0.4, 0.5) is 5.82 Å². The summed E-state index contributed by atoms with van der Waals surface area (Å²) in [6.07, 6.45) is 0. The number of rotatable bonds is 6. The molecule has 7 heteroatoms. The number of nitrogens with one attached hydrogen (secondary N) is 1. The Bertz CT molecular complexity index is 870. The van der Waals surface area contributed by atoms with E-state index >= 15 is 0 Å². The first-order valence-corrected chi connectivity index (χ1v) is 8.05. The smallest absolute Gasteiger partial charge is 0.152 e. The van der Waals surface area contributed by atoms with Crippen molar-refractivity contribution in [1.29, 1.82) is 0 Å². The summed E-state index contributed by atoms with van der Waals surface area (Å²) < 4.78 is 7.72. The maximum Gasteiger partial charge on any atom is 0.152 e. The standard InChI is InChI=1S/C17H24N6O/c1-4-24-9-13-21-14-15(23(13)10-17(2,3)22-19)11-7-5-6-8-12(11)20-16(14)18/h5-8,22H,4,9-10,19H2,1-3H3,(H2,18,20).